The Morgan fingerprint density at radius 2 is 1.53 bits per heavy atom. The molecule has 0 spiro atoms. The van der Waals surface area contributed by atoms with Crippen molar-refractivity contribution in [3.63, 3.8) is 0 Å². The Labute approximate surface area is 184 Å². The minimum absolute atomic E-state index is 0.0471. The molecule has 3 rings (SSSR count). The van der Waals surface area contributed by atoms with Crippen molar-refractivity contribution in [3.8, 4) is 5.75 Å². The third-order valence-corrected chi connectivity index (χ3v) is 4.47. The van der Waals surface area contributed by atoms with Crippen LogP contribution in [0.25, 0.3) is 0 Å². The van der Waals surface area contributed by atoms with Crippen LogP contribution in [0.4, 0.5) is 25.0 Å². The molecule has 0 radical (unpaired) electrons. The highest BCUT2D eigenvalue weighted by molar-refractivity contribution is 5.92. The number of urea groups is 1. The predicted molar refractivity (Wildman–Crippen MR) is 119 cm³/mol. The van der Waals surface area contributed by atoms with E-state index in [1.165, 1.54) is 12.1 Å². The summed E-state index contributed by atoms with van der Waals surface area (Å²) in [5.74, 6) is -0.265. The zero-order valence-electron chi connectivity index (χ0n) is 17.2. The number of ether oxygens (including phenoxy) is 1. The summed E-state index contributed by atoms with van der Waals surface area (Å²) >= 11 is 0. The highest BCUT2D eigenvalue weighted by atomic mass is 19.3. The predicted octanol–water partition coefficient (Wildman–Crippen LogP) is 5.03. The fraction of sp³-hybridized carbons (Fsp3) is 0.167. The minimum atomic E-state index is -2.95. The Morgan fingerprint density at radius 1 is 0.844 bits per heavy atom. The second kappa shape index (κ2) is 11.5. The Bertz CT molecular complexity index is 1030. The molecule has 0 aliphatic carbocycles. The molecule has 0 bridgehead atoms. The molecule has 3 aromatic rings. The molecule has 8 heteroatoms. The number of hydrogen-bond acceptors (Lipinski definition) is 3. The van der Waals surface area contributed by atoms with E-state index in [0.29, 0.717) is 23.4 Å². The molecule has 0 aliphatic heterocycles. The summed E-state index contributed by atoms with van der Waals surface area (Å²) in [4.78, 5) is 24.1. The molecule has 0 fully saturated rings. The lowest BCUT2D eigenvalue weighted by Crippen LogP contribution is -2.31. The second-order valence-electron chi connectivity index (χ2n) is 6.91. The zero-order valence-corrected chi connectivity index (χ0v) is 17.2. The summed E-state index contributed by atoms with van der Waals surface area (Å²) in [6.07, 6.45) is 0.416. The van der Waals surface area contributed by atoms with Crippen LogP contribution in [0.5, 0.6) is 5.75 Å². The Hall–Kier alpha value is -3.94. The van der Waals surface area contributed by atoms with E-state index in [4.69, 9.17) is 0 Å². The summed E-state index contributed by atoms with van der Waals surface area (Å²) in [7, 11) is 0. The number of carbonyl (C=O) groups is 2. The number of para-hydroxylation sites is 1. The zero-order chi connectivity index (χ0) is 22.8. The number of benzene rings is 3. The molecule has 6 nitrogen and oxygen atoms in total. The van der Waals surface area contributed by atoms with Gasteiger partial charge in [0.05, 0.1) is 0 Å². The Balaban J connectivity index is 1.55. The van der Waals surface area contributed by atoms with Gasteiger partial charge in [-0.3, -0.25) is 4.79 Å². The number of rotatable bonds is 9. The van der Waals surface area contributed by atoms with Crippen molar-refractivity contribution in [1.82, 2.24) is 5.32 Å². The molecular formula is C24H23F2N3O3. The molecule has 32 heavy (non-hydrogen) atoms. The fourth-order valence-corrected chi connectivity index (χ4v) is 3.03. The highest BCUT2D eigenvalue weighted by Gasteiger charge is 2.13. The van der Waals surface area contributed by atoms with E-state index in [1.807, 2.05) is 36.4 Å². The van der Waals surface area contributed by atoms with E-state index < -0.39 is 12.6 Å². The van der Waals surface area contributed by atoms with Crippen molar-refractivity contribution >= 4 is 23.3 Å². The summed E-state index contributed by atoms with van der Waals surface area (Å²) in [6.45, 7) is -2.81. The van der Waals surface area contributed by atoms with Crippen molar-refractivity contribution in [2.45, 2.75) is 19.5 Å². The van der Waals surface area contributed by atoms with Gasteiger partial charge in [0.15, 0.2) is 0 Å². The quantitative estimate of drug-likeness (QED) is 0.438. The first-order chi connectivity index (χ1) is 15.5. The van der Waals surface area contributed by atoms with Gasteiger partial charge in [-0.2, -0.15) is 8.78 Å². The lowest BCUT2D eigenvalue weighted by molar-refractivity contribution is -0.116. The minimum Gasteiger partial charge on any atom is -0.435 e. The number of hydrogen-bond donors (Lipinski definition) is 3. The van der Waals surface area contributed by atoms with Gasteiger partial charge >= 0.3 is 12.6 Å². The third-order valence-electron chi connectivity index (χ3n) is 4.47. The lowest BCUT2D eigenvalue weighted by Gasteiger charge is -2.14. The Kier molecular flexibility index (Phi) is 8.14. The summed E-state index contributed by atoms with van der Waals surface area (Å²) in [6, 6.07) is 22.4. The SMILES string of the molecule is O=C(CCNC(=O)Nc1ccccc1)Nc1ccc(OC(F)F)c(Cc2ccccc2)c1. The van der Waals surface area contributed by atoms with E-state index in [2.05, 4.69) is 20.7 Å². The van der Waals surface area contributed by atoms with Gasteiger partial charge in [-0.25, -0.2) is 4.79 Å². The average Bonchev–Trinajstić information content (AvgIpc) is 2.77. The normalized spacial score (nSPS) is 10.5. The maximum atomic E-state index is 12.8. The van der Waals surface area contributed by atoms with Crippen LogP contribution in [0.15, 0.2) is 78.9 Å². The topological polar surface area (TPSA) is 79.5 Å². The number of halogens is 2. The van der Waals surface area contributed by atoms with Crippen LogP contribution >= 0.6 is 0 Å². The van der Waals surface area contributed by atoms with Crippen LogP contribution in [-0.2, 0) is 11.2 Å². The van der Waals surface area contributed by atoms with Crippen LogP contribution < -0.4 is 20.7 Å². The van der Waals surface area contributed by atoms with E-state index in [1.54, 1.807) is 30.3 Å². The summed E-state index contributed by atoms with van der Waals surface area (Å²) in [5, 5.41) is 7.99. The van der Waals surface area contributed by atoms with Gasteiger partial charge < -0.3 is 20.7 Å². The first-order valence-electron chi connectivity index (χ1n) is 10.0. The van der Waals surface area contributed by atoms with Gasteiger partial charge in [-0.1, -0.05) is 48.5 Å². The summed E-state index contributed by atoms with van der Waals surface area (Å²) in [5.41, 5.74) is 2.54. The first-order valence-corrected chi connectivity index (χ1v) is 10.0. The molecule has 0 saturated carbocycles. The third kappa shape index (κ3) is 7.39. The molecule has 3 N–H and O–H groups in total. The molecular weight excluding hydrogens is 416 g/mol. The molecule has 0 aromatic heterocycles. The van der Waals surface area contributed by atoms with Gasteiger partial charge in [0.1, 0.15) is 5.75 Å². The van der Waals surface area contributed by atoms with Gasteiger partial charge in [0.2, 0.25) is 5.91 Å². The van der Waals surface area contributed by atoms with Crippen LogP contribution in [0.1, 0.15) is 17.5 Å². The lowest BCUT2D eigenvalue weighted by atomic mass is 10.0. The maximum absolute atomic E-state index is 12.8. The molecule has 0 aliphatic rings. The second-order valence-corrected chi connectivity index (χ2v) is 6.91. The van der Waals surface area contributed by atoms with E-state index in [0.717, 1.165) is 5.56 Å². The van der Waals surface area contributed by atoms with Crippen LogP contribution in [0.3, 0.4) is 0 Å². The maximum Gasteiger partial charge on any atom is 0.387 e. The van der Waals surface area contributed by atoms with Gasteiger partial charge in [0.25, 0.3) is 0 Å². The van der Waals surface area contributed by atoms with Crippen molar-refractivity contribution in [2.24, 2.45) is 0 Å². The van der Waals surface area contributed by atoms with Crippen molar-refractivity contribution in [3.05, 3.63) is 90.0 Å². The average molecular weight is 439 g/mol. The number of amides is 3. The monoisotopic (exact) mass is 439 g/mol. The van der Waals surface area contributed by atoms with Crippen molar-refractivity contribution in [2.75, 3.05) is 17.2 Å². The highest BCUT2D eigenvalue weighted by Crippen LogP contribution is 2.27. The summed E-state index contributed by atoms with van der Waals surface area (Å²) < 4.78 is 30.1. The molecule has 0 unspecified atom stereocenters. The molecule has 0 heterocycles. The Morgan fingerprint density at radius 3 is 2.22 bits per heavy atom. The number of anilines is 2. The van der Waals surface area contributed by atoms with Gasteiger partial charge in [-0.05, 0) is 35.9 Å². The van der Waals surface area contributed by atoms with Crippen LogP contribution in [0.2, 0.25) is 0 Å². The van der Waals surface area contributed by atoms with Gasteiger partial charge in [0, 0.05) is 36.3 Å². The molecule has 0 saturated heterocycles. The van der Waals surface area contributed by atoms with E-state index in [-0.39, 0.29) is 24.6 Å². The van der Waals surface area contributed by atoms with E-state index in [9.17, 15) is 18.4 Å². The first kappa shape index (κ1) is 22.7. The number of alkyl halides is 2. The fourth-order valence-electron chi connectivity index (χ4n) is 3.03. The standard InChI is InChI=1S/C24H23F2N3O3/c25-23(26)32-21-12-11-20(16-18(21)15-17-7-3-1-4-8-17)28-22(30)13-14-27-24(31)29-19-9-5-2-6-10-19/h1-12,16,23H,13-15H2,(H,28,30)(H2,27,29,31). The smallest absolute Gasteiger partial charge is 0.387 e. The number of nitrogens with one attached hydrogen (secondary N) is 3. The molecule has 3 aromatic carbocycles. The van der Waals surface area contributed by atoms with Crippen LogP contribution in [-0.4, -0.2) is 25.1 Å². The molecule has 166 valence electrons. The molecule has 3 amide bonds. The van der Waals surface area contributed by atoms with E-state index >= 15 is 0 Å². The molecule has 0 atom stereocenters. The van der Waals surface area contributed by atoms with Crippen molar-refractivity contribution in [1.29, 1.82) is 0 Å². The number of carbonyl (C=O) groups excluding carboxylic acids is 2. The van der Waals surface area contributed by atoms with Gasteiger partial charge in [-0.15, -0.1) is 0 Å². The largest absolute Gasteiger partial charge is 0.435 e. The van der Waals surface area contributed by atoms with Crippen molar-refractivity contribution < 1.29 is 23.1 Å². The van der Waals surface area contributed by atoms with Crippen LogP contribution in [0, 0.1) is 0 Å².